The van der Waals surface area contributed by atoms with E-state index >= 15 is 0 Å². The Morgan fingerprint density at radius 2 is 2.15 bits per heavy atom. The predicted octanol–water partition coefficient (Wildman–Crippen LogP) is 3.74. The minimum absolute atomic E-state index is 0.0400. The number of nitrogens with zero attached hydrogens (tertiary/aromatic N) is 1. The molecule has 2 rings (SSSR count). The Morgan fingerprint density at radius 3 is 2.80 bits per heavy atom. The molecule has 104 valence electrons. The second-order valence-electron chi connectivity index (χ2n) is 4.50. The van der Waals surface area contributed by atoms with Gasteiger partial charge in [0.1, 0.15) is 17.2 Å². The van der Waals surface area contributed by atoms with Crippen molar-refractivity contribution in [3.8, 4) is 0 Å². The molecular formula is C15H15F2N3. The van der Waals surface area contributed by atoms with Crippen molar-refractivity contribution in [2.24, 2.45) is 5.73 Å². The highest BCUT2D eigenvalue weighted by atomic mass is 19.1. The average Bonchev–Trinajstić information content (AvgIpc) is 2.81. The van der Waals surface area contributed by atoms with Crippen molar-refractivity contribution >= 4 is 16.5 Å². The Kier molecular flexibility index (Phi) is 3.70. The van der Waals surface area contributed by atoms with Crippen molar-refractivity contribution < 1.29 is 8.78 Å². The van der Waals surface area contributed by atoms with Crippen LogP contribution in [-0.4, -0.2) is 10.2 Å². The molecule has 2 aromatic rings. The Balaban J connectivity index is 2.51. The van der Waals surface area contributed by atoms with Gasteiger partial charge in [0.2, 0.25) is 0 Å². The maximum absolute atomic E-state index is 13.8. The highest BCUT2D eigenvalue weighted by Crippen LogP contribution is 2.26. The Morgan fingerprint density at radius 1 is 1.45 bits per heavy atom. The van der Waals surface area contributed by atoms with E-state index in [1.54, 1.807) is 19.9 Å². The molecule has 1 aromatic carbocycles. The number of hydrogen-bond acceptors (Lipinski definition) is 2. The first kappa shape index (κ1) is 14.0. The lowest BCUT2D eigenvalue weighted by Gasteiger charge is -2.01. The van der Waals surface area contributed by atoms with E-state index in [4.69, 9.17) is 5.73 Å². The van der Waals surface area contributed by atoms with Gasteiger partial charge in [-0.05, 0) is 49.3 Å². The molecule has 3 N–H and O–H groups in total. The van der Waals surface area contributed by atoms with Gasteiger partial charge in [-0.1, -0.05) is 6.58 Å². The summed E-state index contributed by atoms with van der Waals surface area (Å²) in [7, 11) is 0. The number of fused-ring (bicyclic) bond motifs is 1. The van der Waals surface area contributed by atoms with E-state index in [2.05, 4.69) is 16.8 Å². The van der Waals surface area contributed by atoms with E-state index in [9.17, 15) is 8.78 Å². The van der Waals surface area contributed by atoms with Gasteiger partial charge in [-0.25, -0.2) is 8.78 Å². The molecule has 20 heavy (non-hydrogen) atoms. The number of H-pyrrole nitrogens is 1. The standard InChI is InChI=1S/C15H15F2N3/c1-4-11(16)13(18)7-9(3)14-10-5-8(2)6-12(17)15(10)20-19-14/h4-7H,3,18H2,1-2H3,(H,19,20)/b11-4+,13-7+. The first-order valence-corrected chi connectivity index (χ1v) is 6.07. The summed E-state index contributed by atoms with van der Waals surface area (Å²) < 4.78 is 27.1. The van der Waals surface area contributed by atoms with Crippen molar-refractivity contribution in [3.63, 3.8) is 0 Å². The lowest BCUT2D eigenvalue weighted by Crippen LogP contribution is -1.98. The summed E-state index contributed by atoms with van der Waals surface area (Å²) in [5, 5.41) is 7.24. The molecule has 0 saturated carbocycles. The number of aryl methyl sites for hydroxylation is 1. The van der Waals surface area contributed by atoms with Gasteiger partial charge in [-0.2, -0.15) is 5.10 Å². The molecule has 0 atom stereocenters. The fourth-order valence-corrected chi connectivity index (χ4v) is 1.95. The molecule has 0 radical (unpaired) electrons. The summed E-state index contributed by atoms with van der Waals surface area (Å²) in [6, 6.07) is 3.20. The molecule has 0 bridgehead atoms. The maximum Gasteiger partial charge on any atom is 0.149 e. The maximum atomic E-state index is 13.8. The number of hydrogen-bond donors (Lipinski definition) is 2. The minimum Gasteiger partial charge on any atom is -0.396 e. The Hall–Kier alpha value is -2.43. The highest BCUT2D eigenvalue weighted by Gasteiger charge is 2.12. The number of benzene rings is 1. The molecular weight excluding hydrogens is 260 g/mol. The molecule has 3 nitrogen and oxygen atoms in total. The van der Waals surface area contributed by atoms with Crippen LogP contribution in [-0.2, 0) is 0 Å². The lowest BCUT2D eigenvalue weighted by molar-refractivity contribution is 0.635. The number of nitrogens with two attached hydrogens (primary N) is 1. The van der Waals surface area contributed by atoms with Gasteiger partial charge in [-0.15, -0.1) is 0 Å². The molecule has 0 saturated heterocycles. The molecule has 0 spiro atoms. The van der Waals surface area contributed by atoms with E-state index in [0.29, 0.717) is 22.2 Å². The third-order valence-corrected chi connectivity index (χ3v) is 2.93. The fraction of sp³-hybridized carbons (Fsp3) is 0.133. The molecule has 0 aliphatic heterocycles. The van der Waals surface area contributed by atoms with Crippen LogP contribution in [0.2, 0.25) is 0 Å². The Labute approximate surface area is 115 Å². The molecule has 0 amide bonds. The van der Waals surface area contributed by atoms with Gasteiger partial charge in [0.15, 0.2) is 0 Å². The van der Waals surface area contributed by atoms with Crippen molar-refractivity contribution in [1.82, 2.24) is 10.2 Å². The number of nitrogens with one attached hydrogen (secondary N) is 1. The zero-order valence-electron chi connectivity index (χ0n) is 11.3. The quantitative estimate of drug-likeness (QED) is 0.838. The van der Waals surface area contributed by atoms with Gasteiger partial charge >= 0.3 is 0 Å². The van der Waals surface area contributed by atoms with Gasteiger partial charge in [-0.3, -0.25) is 5.10 Å². The van der Waals surface area contributed by atoms with E-state index < -0.39 is 5.83 Å². The number of halogens is 2. The van der Waals surface area contributed by atoms with Gasteiger partial charge < -0.3 is 5.73 Å². The van der Waals surface area contributed by atoms with Crippen LogP contribution in [0.15, 0.2) is 42.4 Å². The summed E-state index contributed by atoms with van der Waals surface area (Å²) in [4.78, 5) is 0. The smallest absolute Gasteiger partial charge is 0.149 e. The number of aromatic amines is 1. The van der Waals surface area contributed by atoms with E-state index in [-0.39, 0.29) is 11.5 Å². The highest BCUT2D eigenvalue weighted by molar-refractivity contribution is 5.93. The molecule has 0 fully saturated rings. The van der Waals surface area contributed by atoms with Crippen LogP contribution in [0.4, 0.5) is 8.78 Å². The lowest BCUT2D eigenvalue weighted by atomic mass is 10.1. The third kappa shape index (κ3) is 2.47. The minimum atomic E-state index is -0.534. The molecule has 0 aliphatic rings. The van der Waals surface area contributed by atoms with Gasteiger partial charge in [0, 0.05) is 5.39 Å². The van der Waals surface area contributed by atoms with Crippen molar-refractivity contribution in [3.05, 3.63) is 59.5 Å². The largest absolute Gasteiger partial charge is 0.396 e. The topological polar surface area (TPSA) is 54.7 Å². The van der Waals surface area contributed by atoms with Crippen LogP contribution in [0.1, 0.15) is 18.2 Å². The van der Waals surface area contributed by atoms with Crippen molar-refractivity contribution in [1.29, 1.82) is 0 Å². The monoisotopic (exact) mass is 275 g/mol. The van der Waals surface area contributed by atoms with Crippen LogP contribution >= 0.6 is 0 Å². The third-order valence-electron chi connectivity index (χ3n) is 2.93. The molecule has 0 aliphatic carbocycles. The Bertz CT molecular complexity index is 739. The zero-order valence-corrected chi connectivity index (χ0v) is 11.3. The number of rotatable bonds is 3. The molecule has 1 heterocycles. The van der Waals surface area contributed by atoms with Crippen LogP contribution in [0.3, 0.4) is 0 Å². The summed E-state index contributed by atoms with van der Waals surface area (Å²) in [6.07, 6.45) is 2.64. The molecule has 0 unspecified atom stereocenters. The normalized spacial score (nSPS) is 13.0. The first-order valence-electron chi connectivity index (χ1n) is 6.07. The van der Waals surface area contributed by atoms with Crippen LogP contribution in [0.5, 0.6) is 0 Å². The zero-order chi connectivity index (χ0) is 14.9. The van der Waals surface area contributed by atoms with Crippen molar-refractivity contribution in [2.75, 3.05) is 0 Å². The average molecular weight is 275 g/mol. The summed E-state index contributed by atoms with van der Waals surface area (Å²) in [5.74, 6) is -0.920. The van der Waals surface area contributed by atoms with Crippen LogP contribution < -0.4 is 5.73 Å². The van der Waals surface area contributed by atoms with Crippen molar-refractivity contribution in [2.45, 2.75) is 13.8 Å². The first-order chi connectivity index (χ1) is 9.43. The van der Waals surface area contributed by atoms with Crippen LogP contribution in [0.25, 0.3) is 16.5 Å². The molecule has 1 aromatic heterocycles. The van der Waals surface area contributed by atoms with E-state index in [1.165, 1.54) is 18.2 Å². The SMILES string of the molecule is C=C(/C=C(N)\C(F)=C/C)c1n[nH]c2c(F)cc(C)cc12. The second kappa shape index (κ2) is 5.28. The predicted molar refractivity (Wildman–Crippen MR) is 77.0 cm³/mol. The summed E-state index contributed by atoms with van der Waals surface area (Å²) >= 11 is 0. The van der Waals surface area contributed by atoms with E-state index in [1.807, 2.05) is 0 Å². The summed E-state index contributed by atoms with van der Waals surface area (Å²) in [5.41, 5.74) is 7.47. The summed E-state index contributed by atoms with van der Waals surface area (Å²) in [6.45, 7) is 7.13. The van der Waals surface area contributed by atoms with Gasteiger partial charge in [0.25, 0.3) is 0 Å². The van der Waals surface area contributed by atoms with Crippen LogP contribution in [0, 0.1) is 12.7 Å². The fourth-order valence-electron chi connectivity index (χ4n) is 1.95. The molecule has 5 heteroatoms. The van der Waals surface area contributed by atoms with E-state index in [0.717, 1.165) is 5.56 Å². The second-order valence-corrected chi connectivity index (χ2v) is 4.50. The van der Waals surface area contributed by atoms with Gasteiger partial charge in [0.05, 0.1) is 11.4 Å². The number of allylic oxidation sites excluding steroid dienone is 4. The number of aromatic nitrogens is 2.